The largest absolute Gasteiger partial charge is 0.366 e. The third-order valence-electron chi connectivity index (χ3n) is 4.19. The summed E-state index contributed by atoms with van der Waals surface area (Å²) in [6.07, 6.45) is 1.53. The Labute approximate surface area is 113 Å². The van der Waals surface area contributed by atoms with Crippen LogP contribution < -0.4 is 0 Å². The van der Waals surface area contributed by atoms with Crippen LogP contribution in [0.4, 0.5) is 0 Å². The minimum absolute atomic E-state index is 0.286. The van der Waals surface area contributed by atoms with E-state index < -0.39 is 5.79 Å². The Balaban J connectivity index is 2.13. The molecular formula is C17H18O2. The van der Waals surface area contributed by atoms with Gasteiger partial charge in [-0.15, -0.1) is 0 Å². The average Bonchev–Trinajstić information content (AvgIpc) is 2.78. The van der Waals surface area contributed by atoms with E-state index >= 15 is 0 Å². The highest BCUT2D eigenvalue weighted by atomic mass is 16.5. The second kappa shape index (κ2) is 4.48. The van der Waals surface area contributed by atoms with Crippen molar-refractivity contribution in [3.8, 4) is 0 Å². The van der Waals surface area contributed by atoms with Crippen LogP contribution in [0, 0.1) is 0 Å². The fraction of sp³-hybridized carbons (Fsp3) is 0.294. The van der Waals surface area contributed by atoms with E-state index in [1.54, 1.807) is 0 Å². The Morgan fingerprint density at radius 2 is 1.16 bits per heavy atom. The van der Waals surface area contributed by atoms with Crippen LogP contribution >= 0.6 is 0 Å². The third kappa shape index (κ3) is 2.18. The second-order valence-electron chi connectivity index (χ2n) is 5.47. The predicted molar refractivity (Wildman–Crippen MR) is 74.7 cm³/mol. The molecule has 0 unspecified atom stereocenters. The standard InChI is InChI=1S/C17H18O2/c18-17(19)12-11-16(13-17,14-7-3-1-4-8-14)15-9-5-2-6-10-15/h1-10,18-19H,11-13H2. The summed E-state index contributed by atoms with van der Waals surface area (Å²) in [5.41, 5.74) is 2.03. The van der Waals surface area contributed by atoms with Gasteiger partial charge in [-0.2, -0.15) is 0 Å². The number of hydrogen-bond acceptors (Lipinski definition) is 2. The van der Waals surface area contributed by atoms with Crippen molar-refractivity contribution < 1.29 is 10.2 Å². The number of aliphatic hydroxyl groups is 2. The van der Waals surface area contributed by atoms with Crippen molar-refractivity contribution in [2.75, 3.05) is 0 Å². The van der Waals surface area contributed by atoms with Crippen molar-refractivity contribution in [2.24, 2.45) is 0 Å². The minimum Gasteiger partial charge on any atom is -0.366 e. The summed E-state index contributed by atoms with van der Waals surface area (Å²) in [5, 5.41) is 20.0. The van der Waals surface area contributed by atoms with Gasteiger partial charge in [0.05, 0.1) is 0 Å². The van der Waals surface area contributed by atoms with E-state index in [4.69, 9.17) is 0 Å². The molecule has 1 fully saturated rings. The number of rotatable bonds is 2. The maximum absolute atomic E-state index is 10.0. The summed E-state index contributed by atoms with van der Waals surface area (Å²) in [6.45, 7) is 0. The Hall–Kier alpha value is -1.64. The van der Waals surface area contributed by atoms with Crippen LogP contribution in [0.15, 0.2) is 60.7 Å². The Morgan fingerprint density at radius 1 is 0.684 bits per heavy atom. The zero-order chi connectivity index (χ0) is 13.3. The molecule has 1 saturated carbocycles. The molecule has 2 N–H and O–H groups in total. The average molecular weight is 254 g/mol. The highest BCUT2D eigenvalue weighted by Gasteiger charge is 2.48. The normalized spacial score (nSPS) is 20.3. The summed E-state index contributed by atoms with van der Waals surface area (Å²) >= 11 is 0. The highest BCUT2D eigenvalue weighted by molar-refractivity contribution is 5.41. The lowest BCUT2D eigenvalue weighted by molar-refractivity contribution is -0.155. The minimum atomic E-state index is -1.56. The molecule has 0 aromatic heterocycles. The fourth-order valence-corrected chi connectivity index (χ4v) is 3.25. The zero-order valence-electron chi connectivity index (χ0n) is 10.8. The van der Waals surface area contributed by atoms with Gasteiger partial charge in [0.25, 0.3) is 0 Å². The van der Waals surface area contributed by atoms with Crippen LogP contribution in [0.5, 0.6) is 0 Å². The molecule has 2 aromatic rings. The van der Waals surface area contributed by atoms with Crippen LogP contribution in [-0.4, -0.2) is 16.0 Å². The molecule has 2 nitrogen and oxygen atoms in total. The lowest BCUT2D eigenvalue weighted by atomic mass is 9.73. The molecule has 0 bridgehead atoms. The highest BCUT2D eigenvalue weighted by Crippen LogP contribution is 2.49. The van der Waals surface area contributed by atoms with Gasteiger partial charge in [-0.05, 0) is 17.5 Å². The quantitative estimate of drug-likeness (QED) is 0.809. The lowest BCUT2D eigenvalue weighted by Crippen LogP contribution is -2.30. The molecule has 3 rings (SSSR count). The van der Waals surface area contributed by atoms with E-state index in [9.17, 15) is 10.2 Å². The first-order valence-electron chi connectivity index (χ1n) is 6.68. The summed E-state index contributed by atoms with van der Waals surface area (Å²) in [6, 6.07) is 20.3. The third-order valence-corrected chi connectivity index (χ3v) is 4.19. The molecule has 0 aliphatic heterocycles. The van der Waals surface area contributed by atoms with E-state index in [1.165, 1.54) is 0 Å². The maximum atomic E-state index is 10.0. The predicted octanol–water partition coefficient (Wildman–Crippen LogP) is 2.84. The van der Waals surface area contributed by atoms with Crippen molar-refractivity contribution in [1.82, 2.24) is 0 Å². The molecule has 0 radical (unpaired) electrons. The van der Waals surface area contributed by atoms with Crippen LogP contribution in [0.25, 0.3) is 0 Å². The van der Waals surface area contributed by atoms with Crippen LogP contribution in [-0.2, 0) is 5.41 Å². The van der Waals surface area contributed by atoms with Gasteiger partial charge >= 0.3 is 0 Å². The Bertz CT molecular complexity index is 506. The van der Waals surface area contributed by atoms with Gasteiger partial charge in [0.2, 0.25) is 0 Å². The molecule has 1 aliphatic carbocycles. The topological polar surface area (TPSA) is 40.5 Å². The fourth-order valence-electron chi connectivity index (χ4n) is 3.25. The lowest BCUT2D eigenvalue weighted by Gasteiger charge is -2.31. The molecule has 0 saturated heterocycles. The van der Waals surface area contributed by atoms with Gasteiger partial charge in [0.1, 0.15) is 0 Å². The van der Waals surface area contributed by atoms with Gasteiger partial charge in [0.15, 0.2) is 5.79 Å². The molecule has 2 aromatic carbocycles. The van der Waals surface area contributed by atoms with E-state index in [0.717, 1.165) is 17.5 Å². The number of hydrogen-bond donors (Lipinski definition) is 2. The second-order valence-corrected chi connectivity index (χ2v) is 5.47. The van der Waals surface area contributed by atoms with Gasteiger partial charge < -0.3 is 10.2 Å². The first-order valence-corrected chi connectivity index (χ1v) is 6.68. The summed E-state index contributed by atoms with van der Waals surface area (Å²) in [5.74, 6) is -1.56. The van der Waals surface area contributed by atoms with Gasteiger partial charge in [-0.25, -0.2) is 0 Å². The molecular weight excluding hydrogens is 236 g/mol. The van der Waals surface area contributed by atoms with Gasteiger partial charge in [-0.3, -0.25) is 0 Å². The molecule has 0 heterocycles. The van der Waals surface area contributed by atoms with Crippen molar-refractivity contribution in [3.05, 3.63) is 71.8 Å². The Morgan fingerprint density at radius 3 is 1.53 bits per heavy atom. The summed E-state index contributed by atoms with van der Waals surface area (Å²) in [4.78, 5) is 0. The summed E-state index contributed by atoms with van der Waals surface area (Å²) < 4.78 is 0. The summed E-state index contributed by atoms with van der Waals surface area (Å²) in [7, 11) is 0. The van der Waals surface area contributed by atoms with Crippen molar-refractivity contribution >= 4 is 0 Å². The molecule has 2 heteroatoms. The first-order chi connectivity index (χ1) is 9.12. The molecule has 0 amide bonds. The molecule has 1 aliphatic rings. The molecule has 0 atom stereocenters. The van der Waals surface area contributed by atoms with Crippen molar-refractivity contribution in [1.29, 1.82) is 0 Å². The van der Waals surface area contributed by atoms with Crippen LogP contribution in [0.1, 0.15) is 30.4 Å². The first kappa shape index (κ1) is 12.4. The Kier molecular flexibility index (Phi) is 2.92. The molecule has 19 heavy (non-hydrogen) atoms. The van der Waals surface area contributed by atoms with Crippen LogP contribution in [0.3, 0.4) is 0 Å². The molecule has 0 spiro atoms. The van der Waals surface area contributed by atoms with E-state index in [1.807, 2.05) is 36.4 Å². The van der Waals surface area contributed by atoms with Crippen molar-refractivity contribution in [3.63, 3.8) is 0 Å². The van der Waals surface area contributed by atoms with Crippen LogP contribution in [0.2, 0.25) is 0 Å². The zero-order valence-corrected chi connectivity index (χ0v) is 10.8. The van der Waals surface area contributed by atoms with Crippen molar-refractivity contribution in [2.45, 2.75) is 30.5 Å². The van der Waals surface area contributed by atoms with Gasteiger partial charge in [0, 0.05) is 18.3 Å². The van der Waals surface area contributed by atoms with E-state index in [-0.39, 0.29) is 5.41 Å². The van der Waals surface area contributed by atoms with E-state index in [2.05, 4.69) is 24.3 Å². The van der Waals surface area contributed by atoms with Gasteiger partial charge in [-0.1, -0.05) is 60.7 Å². The smallest absolute Gasteiger partial charge is 0.163 e. The SMILES string of the molecule is OC1(O)CCC(c2ccccc2)(c2ccccc2)C1. The maximum Gasteiger partial charge on any atom is 0.163 e. The number of benzene rings is 2. The van der Waals surface area contributed by atoms with E-state index in [0.29, 0.717) is 12.8 Å². The molecule has 98 valence electrons. The monoisotopic (exact) mass is 254 g/mol.